The van der Waals surface area contributed by atoms with E-state index in [9.17, 15) is 0 Å². The number of nitrogens with zero attached hydrogens (tertiary/aromatic N) is 3. The maximum atomic E-state index is 6.16. The lowest BCUT2D eigenvalue weighted by molar-refractivity contribution is -0.135. The van der Waals surface area contributed by atoms with E-state index in [1.165, 1.54) is 22.4 Å². The molecule has 1 N–H and O–H groups in total. The molecule has 1 spiro atoms. The van der Waals surface area contributed by atoms with Crippen LogP contribution in [-0.4, -0.2) is 66.3 Å². The van der Waals surface area contributed by atoms with Gasteiger partial charge in [-0.05, 0) is 42.7 Å². The summed E-state index contributed by atoms with van der Waals surface area (Å²) >= 11 is 0. The van der Waals surface area contributed by atoms with Gasteiger partial charge in [-0.3, -0.25) is 4.90 Å². The number of aromatic nitrogens is 2. The Hall–Kier alpha value is -1.73. The monoisotopic (exact) mass is 356 g/mol. The molecule has 0 bridgehead atoms. The number of rotatable bonds is 3. The zero-order valence-corrected chi connectivity index (χ0v) is 15.7. The molecule has 2 aliphatic rings. The summed E-state index contributed by atoms with van der Waals surface area (Å²) in [7, 11) is 0. The van der Waals surface area contributed by atoms with Gasteiger partial charge in [0, 0.05) is 45.1 Å². The lowest BCUT2D eigenvalue weighted by Crippen LogP contribution is -2.57. The van der Waals surface area contributed by atoms with Crippen molar-refractivity contribution in [2.75, 3.05) is 46.0 Å². The van der Waals surface area contributed by atoms with Gasteiger partial charge in [-0.25, -0.2) is 4.68 Å². The van der Waals surface area contributed by atoms with Crippen LogP contribution >= 0.6 is 0 Å². The molecule has 26 heavy (non-hydrogen) atoms. The van der Waals surface area contributed by atoms with Gasteiger partial charge in [-0.15, -0.1) is 0 Å². The van der Waals surface area contributed by atoms with Crippen molar-refractivity contribution in [1.29, 1.82) is 0 Å². The summed E-state index contributed by atoms with van der Waals surface area (Å²) in [5, 5.41) is 7.92. The summed E-state index contributed by atoms with van der Waals surface area (Å²) in [5.41, 5.74) is 4.84. The summed E-state index contributed by atoms with van der Waals surface area (Å²) in [6.45, 7) is 11.0. The van der Waals surface area contributed by atoms with E-state index in [2.05, 4.69) is 41.3 Å². The van der Waals surface area contributed by atoms with Crippen molar-refractivity contribution in [3.8, 4) is 5.69 Å². The fourth-order valence-electron chi connectivity index (χ4n) is 4.04. The predicted octanol–water partition coefficient (Wildman–Crippen LogP) is 1.68. The summed E-state index contributed by atoms with van der Waals surface area (Å²) in [6.07, 6.45) is 3.85. The average Bonchev–Trinajstić information content (AvgIpc) is 3.06. The van der Waals surface area contributed by atoms with E-state index in [-0.39, 0.29) is 5.60 Å². The van der Waals surface area contributed by atoms with E-state index in [1.807, 2.05) is 23.1 Å². The Morgan fingerprint density at radius 3 is 3.04 bits per heavy atom. The van der Waals surface area contributed by atoms with Gasteiger partial charge in [0.1, 0.15) is 5.60 Å². The van der Waals surface area contributed by atoms with E-state index in [1.54, 1.807) is 0 Å². The number of aryl methyl sites for hydroxylation is 2. The predicted molar refractivity (Wildman–Crippen MR) is 101 cm³/mol. The molecule has 0 aliphatic carbocycles. The fraction of sp³-hybridized carbons (Fsp3) is 0.550. The Kier molecular flexibility index (Phi) is 5.09. The molecule has 2 aromatic rings. The van der Waals surface area contributed by atoms with Crippen molar-refractivity contribution in [3.63, 3.8) is 0 Å². The zero-order valence-electron chi connectivity index (χ0n) is 15.7. The lowest BCUT2D eigenvalue weighted by atomic mass is 9.99. The van der Waals surface area contributed by atoms with Gasteiger partial charge in [0.25, 0.3) is 0 Å². The Morgan fingerprint density at radius 1 is 1.27 bits per heavy atom. The van der Waals surface area contributed by atoms with Gasteiger partial charge in [-0.1, -0.05) is 6.07 Å². The number of hydrogen-bond donors (Lipinski definition) is 1. The zero-order chi connectivity index (χ0) is 18.0. The van der Waals surface area contributed by atoms with Crippen LogP contribution in [-0.2, 0) is 16.0 Å². The highest BCUT2D eigenvalue weighted by molar-refractivity contribution is 5.48. The highest BCUT2D eigenvalue weighted by Gasteiger charge is 2.38. The van der Waals surface area contributed by atoms with E-state index < -0.39 is 0 Å². The molecule has 140 valence electrons. The molecule has 6 nitrogen and oxygen atoms in total. The van der Waals surface area contributed by atoms with Crippen molar-refractivity contribution in [3.05, 3.63) is 47.3 Å². The minimum atomic E-state index is -0.237. The van der Waals surface area contributed by atoms with Crippen molar-refractivity contribution in [1.82, 2.24) is 20.0 Å². The Bertz CT molecular complexity index is 737. The first-order chi connectivity index (χ1) is 12.7. The summed E-state index contributed by atoms with van der Waals surface area (Å²) in [5.74, 6) is 0. The van der Waals surface area contributed by atoms with Crippen LogP contribution in [0.5, 0.6) is 0 Å². The van der Waals surface area contributed by atoms with Crippen LogP contribution in [0.3, 0.4) is 0 Å². The average molecular weight is 356 g/mol. The first kappa shape index (κ1) is 17.7. The largest absolute Gasteiger partial charge is 0.377 e. The van der Waals surface area contributed by atoms with Crippen molar-refractivity contribution >= 4 is 0 Å². The molecule has 1 atom stereocenters. The van der Waals surface area contributed by atoms with E-state index in [0.29, 0.717) is 6.61 Å². The minimum Gasteiger partial charge on any atom is -0.377 e. The van der Waals surface area contributed by atoms with Crippen molar-refractivity contribution < 1.29 is 9.47 Å². The third-order valence-electron chi connectivity index (χ3n) is 5.29. The fourth-order valence-corrected chi connectivity index (χ4v) is 4.04. The van der Waals surface area contributed by atoms with E-state index in [0.717, 1.165) is 45.9 Å². The first-order valence-corrected chi connectivity index (χ1v) is 9.40. The van der Waals surface area contributed by atoms with Gasteiger partial charge in [0.2, 0.25) is 0 Å². The minimum absolute atomic E-state index is 0.237. The smallest absolute Gasteiger partial charge is 0.116 e. The normalized spacial score (nSPS) is 24.7. The molecule has 4 rings (SSSR count). The highest BCUT2D eigenvalue weighted by Crippen LogP contribution is 2.26. The molecule has 1 aromatic carbocycles. The number of hydrogen-bond acceptors (Lipinski definition) is 5. The quantitative estimate of drug-likeness (QED) is 0.907. The molecular formula is C20H28N4O2. The van der Waals surface area contributed by atoms with Crippen molar-refractivity contribution in [2.45, 2.75) is 26.0 Å². The van der Waals surface area contributed by atoms with Crippen LogP contribution in [0.2, 0.25) is 0 Å². The number of nitrogens with one attached hydrogen (secondary N) is 1. The van der Waals surface area contributed by atoms with Gasteiger partial charge in [0.15, 0.2) is 0 Å². The molecule has 2 aliphatic heterocycles. The van der Waals surface area contributed by atoms with E-state index >= 15 is 0 Å². The third kappa shape index (κ3) is 3.69. The Morgan fingerprint density at radius 2 is 2.19 bits per heavy atom. The van der Waals surface area contributed by atoms with Gasteiger partial charge < -0.3 is 14.8 Å². The Labute approximate surface area is 155 Å². The van der Waals surface area contributed by atoms with Gasteiger partial charge in [0.05, 0.1) is 25.5 Å². The molecule has 1 unspecified atom stereocenters. The molecule has 0 saturated carbocycles. The van der Waals surface area contributed by atoms with E-state index in [4.69, 9.17) is 9.47 Å². The van der Waals surface area contributed by atoms with Crippen molar-refractivity contribution in [2.24, 2.45) is 0 Å². The van der Waals surface area contributed by atoms with Crippen LogP contribution < -0.4 is 5.32 Å². The maximum absolute atomic E-state index is 6.16. The molecule has 6 heteroatoms. The molecule has 3 heterocycles. The molecular weight excluding hydrogens is 328 g/mol. The second kappa shape index (κ2) is 7.48. The molecule has 1 aromatic heterocycles. The number of ether oxygens (including phenoxy) is 2. The Balaban J connectivity index is 1.59. The highest BCUT2D eigenvalue weighted by atomic mass is 16.5. The SMILES string of the molecule is Cc1cc(C)c(CN2CCOC3(CNCCOC3)C2)c(-n2cccn2)c1. The van der Waals surface area contributed by atoms with Crippen LogP contribution in [0.4, 0.5) is 0 Å². The molecule has 2 fully saturated rings. The molecule has 2 saturated heterocycles. The summed E-state index contributed by atoms with van der Waals surface area (Å²) in [4.78, 5) is 2.49. The number of morpholine rings is 1. The second-order valence-electron chi connectivity index (χ2n) is 7.50. The van der Waals surface area contributed by atoms with Gasteiger partial charge >= 0.3 is 0 Å². The first-order valence-electron chi connectivity index (χ1n) is 9.40. The molecule has 0 radical (unpaired) electrons. The number of benzene rings is 1. The maximum Gasteiger partial charge on any atom is 0.116 e. The van der Waals surface area contributed by atoms with Gasteiger partial charge in [-0.2, -0.15) is 5.10 Å². The van der Waals surface area contributed by atoms with Crippen LogP contribution in [0, 0.1) is 13.8 Å². The third-order valence-corrected chi connectivity index (χ3v) is 5.29. The van der Waals surface area contributed by atoms with Crippen LogP contribution in [0.25, 0.3) is 5.69 Å². The molecule has 0 amide bonds. The standard InChI is InChI=1S/C20H28N4O2/c1-16-10-17(2)18(19(11-16)24-6-3-4-22-24)12-23-7-9-26-20(14-23)13-21-5-8-25-15-20/h3-4,6,10-11,21H,5,7-9,12-15H2,1-2H3. The lowest BCUT2D eigenvalue weighted by Gasteiger charge is -2.42. The van der Waals surface area contributed by atoms with Crippen LogP contribution in [0.15, 0.2) is 30.6 Å². The second-order valence-corrected chi connectivity index (χ2v) is 7.50. The van der Waals surface area contributed by atoms with Crippen LogP contribution in [0.1, 0.15) is 16.7 Å². The topological polar surface area (TPSA) is 51.6 Å². The summed E-state index contributed by atoms with van der Waals surface area (Å²) < 4.78 is 13.9. The summed E-state index contributed by atoms with van der Waals surface area (Å²) in [6, 6.07) is 6.45.